The summed E-state index contributed by atoms with van der Waals surface area (Å²) in [5.74, 6) is 1.46. The van der Waals surface area contributed by atoms with Crippen LogP contribution in [0.1, 0.15) is 41.6 Å². The van der Waals surface area contributed by atoms with Crippen molar-refractivity contribution < 1.29 is 14.3 Å². The van der Waals surface area contributed by atoms with Crippen molar-refractivity contribution in [3.63, 3.8) is 0 Å². The molecule has 1 aromatic heterocycles. The van der Waals surface area contributed by atoms with Crippen LogP contribution in [0.25, 0.3) is 0 Å². The highest BCUT2D eigenvalue weighted by Crippen LogP contribution is 2.44. The molecule has 1 fully saturated rings. The number of amides is 1. The van der Waals surface area contributed by atoms with Crippen molar-refractivity contribution in [2.24, 2.45) is 0 Å². The highest BCUT2D eigenvalue weighted by atomic mass is 35.5. The zero-order chi connectivity index (χ0) is 22.7. The van der Waals surface area contributed by atoms with E-state index < -0.39 is 0 Å². The van der Waals surface area contributed by atoms with Gasteiger partial charge in [-0.3, -0.25) is 9.78 Å². The lowest BCUT2D eigenvalue weighted by Gasteiger charge is -2.41. The number of hydrogen-bond acceptors (Lipinski definition) is 4. The van der Waals surface area contributed by atoms with Crippen molar-refractivity contribution in [3.05, 3.63) is 87.7 Å². The van der Waals surface area contributed by atoms with Gasteiger partial charge in [0.1, 0.15) is 11.5 Å². The third kappa shape index (κ3) is 4.69. The van der Waals surface area contributed by atoms with Crippen LogP contribution in [0.4, 0.5) is 0 Å². The predicted octanol–water partition coefficient (Wildman–Crippen LogP) is 6.05. The quantitative estimate of drug-likeness (QED) is 0.439. The highest BCUT2D eigenvalue weighted by Gasteiger charge is 2.38. The van der Waals surface area contributed by atoms with Crippen LogP contribution < -0.4 is 9.47 Å². The number of carbonyl (C=O) groups is 1. The molecule has 7 heteroatoms. The number of ether oxygens (including phenoxy) is 2. The molecule has 2 aromatic carbocycles. The number of aromatic nitrogens is 1. The van der Waals surface area contributed by atoms with Gasteiger partial charge in [0, 0.05) is 52.4 Å². The number of carbonyl (C=O) groups excluding carboxylic acids is 1. The smallest absolute Gasteiger partial charge is 0.223 e. The summed E-state index contributed by atoms with van der Waals surface area (Å²) in [7, 11) is 3.23. The Hall–Kier alpha value is -2.76. The zero-order valence-electron chi connectivity index (χ0n) is 17.9. The molecule has 0 saturated carbocycles. The lowest BCUT2D eigenvalue weighted by Crippen LogP contribution is -2.41. The Balaban J connectivity index is 1.77. The van der Waals surface area contributed by atoms with E-state index in [1.54, 1.807) is 26.5 Å². The lowest BCUT2D eigenvalue weighted by atomic mass is 9.81. The molecule has 32 heavy (non-hydrogen) atoms. The van der Waals surface area contributed by atoms with Crippen molar-refractivity contribution in [3.8, 4) is 11.5 Å². The lowest BCUT2D eigenvalue weighted by molar-refractivity contribution is -0.138. The van der Waals surface area contributed by atoms with Crippen LogP contribution in [0.15, 0.2) is 60.8 Å². The van der Waals surface area contributed by atoms with Crippen LogP contribution >= 0.6 is 23.2 Å². The Morgan fingerprint density at radius 2 is 1.78 bits per heavy atom. The topological polar surface area (TPSA) is 51.7 Å². The molecule has 2 atom stereocenters. The predicted molar refractivity (Wildman–Crippen MR) is 126 cm³/mol. The number of piperidine rings is 1. The molecule has 4 rings (SSSR count). The van der Waals surface area contributed by atoms with Gasteiger partial charge < -0.3 is 14.4 Å². The molecule has 0 spiro atoms. The molecule has 0 radical (unpaired) electrons. The maximum absolute atomic E-state index is 13.2. The van der Waals surface area contributed by atoms with Gasteiger partial charge in [0.25, 0.3) is 0 Å². The number of pyridine rings is 1. The van der Waals surface area contributed by atoms with E-state index in [1.807, 2.05) is 53.4 Å². The van der Waals surface area contributed by atoms with E-state index >= 15 is 0 Å². The fourth-order valence-electron chi connectivity index (χ4n) is 4.31. The summed E-state index contributed by atoms with van der Waals surface area (Å²) >= 11 is 12.4. The molecule has 2 heterocycles. The fraction of sp³-hybridized carbons (Fsp3) is 0.280. The molecule has 166 valence electrons. The minimum Gasteiger partial charge on any atom is -0.497 e. The Bertz CT molecular complexity index is 1100. The molecule has 0 N–H and O–H groups in total. The summed E-state index contributed by atoms with van der Waals surface area (Å²) in [6, 6.07) is 16.7. The van der Waals surface area contributed by atoms with Gasteiger partial charge in [-0.25, -0.2) is 0 Å². The molecular formula is C25H24Cl2N2O3. The fourth-order valence-corrected chi connectivity index (χ4v) is 4.61. The number of nitrogens with zero attached hydrogens (tertiary/aromatic N) is 2. The van der Waals surface area contributed by atoms with Gasteiger partial charge in [0.15, 0.2) is 0 Å². The van der Waals surface area contributed by atoms with Crippen LogP contribution in [0.2, 0.25) is 10.0 Å². The standard InChI is InChI=1S/C25H24Cl2N2O3/c1-31-20-8-5-17(23(14-20)32-2)15-29-24(30)10-9-21(22-13-19(27)11-12-28-22)25(29)16-3-6-18(26)7-4-16/h3-8,11-14,21,25H,9-10,15H2,1-2H3/t21-,25-/m1/s1. The van der Waals surface area contributed by atoms with E-state index in [0.29, 0.717) is 40.9 Å². The van der Waals surface area contributed by atoms with E-state index in [2.05, 4.69) is 4.98 Å². The third-order valence-electron chi connectivity index (χ3n) is 5.88. The van der Waals surface area contributed by atoms with Crippen molar-refractivity contribution >= 4 is 29.1 Å². The normalized spacial score (nSPS) is 18.5. The van der Waals surface area contributed by atoms with Crippen LogP contribution in [-0.4, -0.2) is 30.0 Å². The molecule has 0 aliphatic carbocycles. The second kappa shape index (κ2) is 9.80. The summed E-state index contributed by atoms with van der Waals surface area (Å²) in [5.41, 5.74) is 2.78. The minimum absolute atomic E-state index is 0.00295. The minimum atomic E-state index is -0.216. The van der Waals surface area contributed by atoms with Crippen molar-refractivity contribution in [2.75, 3.05) is 14.2 Å². The molecule has 3 aromatic rings. The SMILES string of the molecule is COc1ccc(CN2C(=O)CC[C@H](c3cc(Cl)ccn3)[C@H]2c2ccc(Cl)cc2)c(OC)c1. The number of likely N-dealkylation sites (tertiary alicyclic amines) is 1. The number of hydrogen-bond donors (Lipinski definition) is 0. The van der Waals surface area contributed by atoms with Crippen molar-refractivity contribution in [2.45, 2.75) is 31.3 Å². The summed E-state index contributed by atoms with van der Waals surface area (Å²) < 4.78 is 10.9. The van der Waals surface area contributed by atoms with Crippen LogP contribution in [-0.2, 0) is 11.3 Å². The second-order valence-corrected chi connectivity index (χ2v) is 8.61. The number of rotatable bonds is 6. The number of methoxy groups -OCH3 is 2. The molecule has 0 unspecified atom stereocenters. The van der Waals surface area contributed by atoms with Crippen LogP contribution in [0.5, 0.6) is 11.5 Å². The van der Waals surface area contributed by atoms with Gasteiger partial charge in [0.05, 0.1) is 20.3 Å². The molecule has 1 saturated heterocycles. The molecule has 0 bridgehead atoms. The van der Waals surface area contributed by atoms with Crippen LogP contribution in [0, 0.1) is 0 Å². The Morgan fingerprint density at radius 3 is 2.47 bits per heavy atom. The van der Waals surface area contributed by atoms with E-state index in [0.717, 1.165) is 16.8 Å². The monoisotopic (exact) mass is 470 g/mol. The first-order chi connectivity index (χ1) is 15.5. The number of benzene rings is 2. The van der Waals surface area contributed by atoms with Gasteiger partial charge in [-0.05, 0) is 48.4 Å². The van der Waals surface area contributed by atoms with Crippen LogP contribution in [0.3, 0.4) is 0 Å². The highest BCUT2D eigenvalue weighted by molar-refractivity contribution is 6.30. The Kier molecular flexibility index (Phi) is 6.87. The van der Waals surface area contributed by atoms with Crippen molar-refractivity contribution in [1.82, 2.24) is 9.88 Å². The summed E-state index contributed by atoms with van der Waals surface area (Å²) in [4.78, 5) is 19.7. The average molecular weight is 471 g/mol. The van der Waals surface area contributed by atoms with Gasteiger partial charge in [0.2, 0.25) is 5.91 Å². The summed E-state index contributed by atoms with van der Waals surface area (Å²) in [5, 5.41) is 1.28. The summed E-state index contributed by atoms with van der Waals surface area (Å²) in [6.45, 7) is 0.399. The zero-order valence-corrected chi connectivity index (χ0v) is 19.4. The molecule has 1 amide bonds. The van der Waals surface area contributed by atoms with Gasteiger partial charge in [-0.15, -0.1) is 0 Å². The first kappa shape index (κ1) is 22.4. The Morgan fingerprint density at radius 1 is 1.00 bits per heavy atom. The first-order valence-electron chi connectivity index (χ1n) is 10.4. The number of halogens is 2. The average Bonchev–Trinajstić information content (AvgIpc) is 2.81. The molecule has 1 aliphatic rings. The second-order valence-electron chi connectivity index (χ2n) is 7.74. The molecule has 5 nitrogen and oxygen atoms in total. The first-order valence-corrected chi connectivity index (χ1v) is 11.1. The molecule has 1 aliphatic heterocycles. The van der Waals surface area contributed by atoms with Gasteiger partial charge in [-0.2, -0.15) is 0 Å². The van der Waals surface area contributed by atoms with E-state index in [1.165, 1.54) is 0 Å². The van der Waals surface area contributed by atoms with E-state index in [9.17, 15) is 4.79 Å². The van der Waals surface area contributed by atoms with E-state index in [-0.39, 0.29) is 17.9 Å². The third-order valence-corrected chi connectivity index (χ3v) is 6.36. The van der Waals surface area contributed by atoms with Gasteiger partial charge >= 0.3 is 0 Å². The maximum atomic E-state index is 13.2. The van der Waals surface area contributed by atoms with Crippen molar-refractivity contribution in [1.29, 1.82) is 0 Å². The Labute approximate surface area is 197 Å². The largest absolute Gasteiger partial charge is 0.497 e. The molecular weight excluding hydrogens is 447 g/mol. The maximum Gasteiger partial charge on any atom is 0.223 e. The van der Waals surface area contributed by atoms with Gasteiger partial charge in [-0.1, -0.05) is 35.3 Å². The van der Waals surface area contributed by atoms with E-state index in [4.69, 9.17) is 32.7 Å². The summed E-state index contributed by atoms with van der Waals surface area (Å²) in [6.07, 6.45) is 2.83.